The van der Waals surface area contributed by atoms with Gasteiger partial charge in [-0.05, 0) is 31.2 Å². The Morgan fingerprint density at radius 3 is 2.88 bits per heavy atom. The number of halogens is 1. The summed E-state index contributed by atoms with van der Waals surface area (Å²) in [5.41, 5.74) is 1.12. The molecule has 0 spiro atoms. The molecule has 0 aromatic carbocycles. The average molecular weight is 451 g/mol. The highest BCUT2D eigenvalue weighted by Crippen LogP contribution is 2.14. The first-order valence-electron chi connectivity index (χ1n) is 8.36. The van der Waals surface area contributed by atoms with Crippen LogP contribution in [0.2, 0.25) is 0 Å². The molecule has 0 saturated carbocycles. The van der Waals surface area contributed by atoms with Crippen LogP contribution in [0.25, 0.3) is 0 Å². The number of aliphatic imine (C=N–C) groups is 1. The predicted octanol–water partition coefficient (Wildman–Crippen LogP) is 1.54. The molecular weight excluding hydrogens is 421 g/mol. The SMILES string of the molecule is CN=C(NCCCOCC1CCOCC1)NCc1ccnn1C.I. The third kappa shape index (κ3) is 7.80. The van der Waals surface area contributed by atoms with E-state index in [-0.39, 0.29) is 24.0 Å². The maximum Gasteiger partial charge on any atom is 0.191 e. The largest absolute Gasteiger partial charge is 0.381 e. The Balaban J connectivity index is 0.00000288. The minimum Gasteiger partial charge on any atom is -0.381 e. The molecule has 24 heavy (non-hydrogen) atoms. The van der Waals surface area contributed by atoms with E-state index in [2.05, 4.69) is 20.7 Å². The molecule has 0 bridgehead atoms. The molecule has 8 heteroatoms. The van der Waals surface area contributed by atoms with Gasteiger partial charge in [-0.3, -0.25) is 9.67 Å². The number of aromatic nitrogens is 2. The lowest BCUT2D eigenvalue weighted by Gasteiger charge is -2.21. The van der Waals surface area contributed by atoms with Crippen LogP contribution in [0.3, 0.4) is 0 Å². The van der Waals surface area contributed by atoms with Crippen molar-refractivity contribution in [2.45, 2.75) is 25.8 Å². The molecule has 1 saturated heterocycles. The topological polar surface area (TPSA) is 72.7 Å². The number of rotatable bonds is 8. The first-order chi connectivity index (χ1) is 11.3. The molecule has 2 heterocycles. The Labute approximate surface area is 161 Å². The lowest BCUT2D eigenvalue weighted by molar-refractivity contribution is 0.0203. The zero-order chi connectivity index (χ0) is 16.3. The van der Waals surface area contributed by atoms with Crippen molar-refractivity contribution in [2.24, 2.45) is 18.0 Å². The molecule has 0 aliphatic carbocycles. The Bertz CT molecular complexity index is 475. The van der Waals surface area contributed by atoms with Gasteiger partial charge in [0.05, 0.1) is 12.2 Å². The van der Waals surface area contributed by atoms with Gasteiger partial charge in [0.15, 0.2) is 5.96 Å². The van der Waals surface area contributed by atoms with E-state index in [1.165, 1.54) is 0 Å². The minimum atomic E-state index is 0. The quantitative estimate of drug-likeness (QED) is 0.272. The Kier molecular flexibility index (Phi) is 11.0. The molecule has 2 N–H and O–H groups in total. The maximum atomic E-state index is 5.76. The third-order valence-electron chi connectivity index (χ3n) is 4.04. The summed E-state index contributed by atoms with van der Waals surface area (Å²) in [5, 5.41) is 10.7. The number of nitrogens with zero attached hydrogens (tertiary/aromatic N) is 3. The molecule has 0 atom stereocenters. The lowest BCUT2D eigenvalue weighted by atomic mass is 10.0. The molecule has 1 aromatic rings. The summed E-state index contributed by atoms with van der Waals surface area (Å²) in [6, 6.07) is 1.99. The van der Waals surface area contributed by atoms with Gasteiger partial charge in [0, 0.05) is 53.3 Å². The van der Waals surface area contributed by atoms with Crippen molar-refractivity contribution in [3.63, 3.8) is 0 Å². The highest BCUT2D eigenvalue weighted by Gasteiger charge is 2.13. The minimum absolute atomic E-state index is 0. The number of aryl methyl sites for hydroxylation is 1. The van der Waals surface area contributed by atoms with Crippen molar-refractivity contribution in [1.29, 1.82) is 0 Å². The van der Waals surface area contributed by atoms with Gasteiger partial charge >= 0.3 is 0 Å². The summed E-state index contributed by atoms with van der Waals surface area (Å²) < 4.78 is 13.0. The number of hydrogen-bond acceptors (Lipinski definition) is 4. The first kappa shape index (κ1) is 21.2. The van der Waals surface area contributed by atoms with Crippen molar-refractivity contribution < 1.29 is 9.47 Å². The van der Waals surface area contributed by atoms with E-state index in [9.17, 15) is 0 Å². The zero-order valence-electron chi connectivity index (χ0n) is 14.7. The molecule has 1 fully saturated rings. The Morgan fingerprint density at radius 1 is 1.42 bits per heavy atom. The van der Waals surface area contributed by atoms with Crippen LogP contribution in [0.4, 0.5) is 0 Å². The summed E-state index contributed by atoms with van der Waals surface area (Å²) in [4.78, 5) is 4.22. The molecule has 1 aliphatic rings. The van der Waals surface area contributed by atoms with E-state index in [4.69, 9.17) is 9.47 Å². The van der Waals surface area contributed by atoms with Crippen LogP contribution >= 0.6 is 24.0 Å². The van der Waals surface area contributed by atoms with Gasteiger partial charge in [0.25, 0.3) is 0 Å². The zero-order valence-corrected chi connectivity index (χ0v) is 17.0. The smallest absolute Gasteiger partial charge is 0.191 e. The maximum absolute atomic E-state index is 5.76. The average Bonchev–Trinajstić information content (AvgIpc) is 2.99. The van der Waals surface area contributed by atoms with Crippen molar-refractivity contribution in [1.82, 2.24) is 20.4 Å². The normalized spacial score (nSPS) is 15.8. The second-order valence-electron chi connectivity index (χ2n) is 5.78. The fourth-order valence-corrected chi connectivity index (χ4v) is 2.51. The molecule has 2 rings (SSSR count). The summed E-state index contributed by atoms with van der Waals surface area (Å²) >= 11 is 0. The number of guanidine groups is 1. The van der Waals surface area contributed by atoms with Crippen LogP contribution in [0, 0.1) is 5.92 Å². The molecule has 1 aliphatic heterocycles. The van der Waals surface area contributed by atoms with Gasteiger partial charge in [0.2, 0.25) is 0 Å². The van der Waals surface area contributed by atoms with Gasteiger partial charge in [-0.1, -0.05) is 0 Å². The number of ether oxygens (including phenoxy) is 2. The van der Waals surface area contributed by atoms with Crippen LogP contribution in [0.1, 0.15) is 25.0 Å². The van der Waals surface area contributed by atoms with Gasteiger partial charge in [-0.15, -0.1) is 24.0 Å². The molecule has 1 aromatic heterocycles. The van der Waals surface area contributed by atoms with Crippen LogP contribution in [0.15, 0.2) is 17.3 Å². The van der Waals surface area contributed by atoms with E-state index in [0.717, 1.165) is 63.9 Å². The first-order valence-corrected chi connectivity index (χ1v) is 8.36. The Hall–Kier alpha value is -0.870. The predicted molar refractivity (Wildman–Crippen MR) is 106 cm³/mol. The molecular formula is C16H30IN5O2. The molecule has 7 nitrogen and oxygen atoms in total. The van der Waals surface area contributed by atoms with Crippen molar-refractivity contribution in [2.75, 3.05) is 40.0 Å². The lowest BCUT2D eigenvalue weighted by Crippen LogP contribution is -2.38. The molecule has 0 unspecified atom stereocenters. The van der Waals surface area contributed by atoms with Gasteiger partial charge in [-0.2, -0.15) is 5.10 Å². The van der Waals surface area contributed by atoms with Crippen molar-refractivity contribution in [3.8, 4) is 0 Å². The Morgan fingerprint density at radius 2 is 2.21 bits per heavy atom. The van der Waals surface area contributed by atoms with Crippen LogP contribution in [-0.4, -0.2) is 55.8 Å². The van der Waals surface area contributed by atoms with Crippen molar-refractivity contribution in [3.05, 3.63) is 18.0 Å². The molecule has 0 amide bonds. The van der Waals surface area contributed by atoms with Crippen molar-refractivity contribution >= 4 is 29.9 Å². The van der Waals surface area contributed by atoms with E-state index in [1.807, 2.05) is 17.8 Å². The highest BCUT2D eigenvalue weighted by atomic mass is 127. The molecule has 0 radical (unpaired) electrons. The van der Waals surface area contributed by atoms with Crippen LogP contribution in [-0.2, 0) is 23.1 Å². The van der Waals surface area contributed by atoms with Crippen LogP contribution < -0.4 is 10.6 Å². The fourth-order valence-electron chi connectivity index (χ4n) is 2.51. The summed E-state index contributed by atoms with van der Waals surface area (Å²) in [7, 11) is 3.71. The van der Waals surface area contributed by atoms with Gasteiger partial charge in [0.1, 0.15) is 0 Å². The highest BCUT2D eigenvalue weighted by molar-refractivity contribution is 14.0. The fraction of sp³-hybridized carbons (Fsp3) is 0.750. The monoisotopic (exact) mass is 451 g/mol. The van der Waals surface area contributed by atoms with Crippen LogP contribution in [0.5, 0.6) is 0 Å². The number of nitrogens with one attached hydrogen (secondary N) is 2. The van der Waals surface area contributed by atoms with Gasteiger partial charge in [-0.25, -0.2) is 0 Å². The van der Waals surface area contributed by atoms with E-state index < -0.39 is 0 Å². The third-order valence-corrected chi connectivity index (χ3v) is 4.04. The standard InChI is InChI=1S/C16H29N5O2.HI/c1-17-16(19-12-15-4-8-20-21(15)2)18-7-3-9-23-13-14-5-10-22-11-6-14;/h4,8,14H,3,5-7,9-13H2,1-2H3,(H2,17,18,19);1H. The van der Waals surface area contributed by atoms with E-state index in [0.29, 0.717) is 12.5 Å². The summed E-state index contributed by atoms with van der Waals surface area (Å²) in [6.45, 7) is 4.96. The summed E-state index contributed by atoms with van der Waals surface area (Å²) in [6.07, 6.45) is 5.02. The second kappa shape index (κ2) is 12.5. The number of hydrogen-bond donors (Lipinski definition) is 2. The summed E-state index contributed by atoms with van der Waals surface area (Å²) in [5.74, 6) is 1.47. The second-order valence-corrected chi connectivity index (χ2v) is 5.78. The van der Waals surface area contributed by atoms with Gasteiger partial charge < -0.3 is 20.1 Å². The van der Waals surface area contributed by atoms with E-state index in [1.54, 1.807) is 13.2 Å². The van der Waals surface area contributed by atoms with E-state index >= 15 is 0 Å². The molecule has 138 valence electrons.